The molecule has 0 amide bonds. The summed E-state index contributed by atoms with van der Waals surface area (Å²) in [6.07, 6.45) is 1.09. The SMILES string of the molecule is CCCOc1ccc(/C=N/Nc2ncnc3c2ncn3C2OC(CO)C(O)C2O)cc1. The number of rotatable bonds is 8. The molecule has 31 heavy (non-hydrogen) atoms. The summed E-state index contributed by atoms with van der Waals surface area (Å²) in [5, 5.41) is 33.8. The van der Waals surface area contributed by atoms with E-state index in [2.05, 4.69) is 32.4 Å². The molecule has 4 unspecified atom stereocenters. The topological polar surface area (TPSA) is 147 Å². The van der Waals surface area contributed by atoms with Crippen LogP contribution in [-0.4, -0.2) is 72.6 Å². The first-order chi connectivity index (χ1) is 15.1. The second-order valence-electron chi connectivity index (χ2n) is 7.06. The van der Waals surface area contributed by atoms with Gasteiger partial charge in [-0.1, -0.05) is 6.92 Å². The Bertz CT molecular complexity index is 1040. The fraction of sp³-hybridized carbons (Fsp3) is 0.400. The van der Waals surface area contributed by atoms with Crippen LogP contribution in [0.1, 0.15) is 25.1 Å². The van der Waals surface area contributed by atoms with E-state index in [4.69, 9.17) is 9.47 Å². The van der Waals surface area contributed by atoms with Crippen LogP contribution in [0, 0.1) is 0 Å². The number of hydrogen-bond acceptors (Lipinski definition) is 10. The smallest absolute Gasteiger partial charge is 0.177 e. The molecule has 11 nitrogen and oxygen atoms in total. The maximum absolute atomic E-state index is 10.3. The second-order valence-corrected chi connectivity index (χ2v) is 7.06. The summed E-state index contributed by atoms with van der Waals surface area (Å²) in [5.74, 6) is 1.18. The Balaban J connectivity index is 1.49. The van der Waals surface area contributed by atoms with Gasteiger partial charge in [-0.25, -0.2) is 15.0 Å². The molecule has 3 aromatic rings. The number of nitrogens with zero attached hydrogens (tertiary/aromatic N) is 5. The first kappa shape index (κ1) is 21.1. The zero-order valence-corrected chi connectivity index (χ0v) is 16.9. The third kappa shape index (κ3) is 4.35. The number of fused-ring (bicyclic) bond motifs is 1. The average Bonchev–Trinajstić information content (AvgIpc) is 3.34. The summed E-state index contributed by atoms with van der Waals surface area (Å²) < 4.78 is 12.6. The van der Waals surface area contributed by atoms with E-state index in [-0.39, 0.29) is 0 Å². The Morgan fingerprint density at radius 2 is 2.00 bits per heavy atom. The van der Waals surface area contributed by atoms with Crippen LogP contribution in [0.3, 0.4) is 0 Å². The van der Waals surface area contributed by atoms with Crippen LogP contribution in [0.25, 0.3) is 11.2 Å². The highest BCUT2D eigenvalue weighted by molar-refractivity contribution is 5.84. The van der Waals surface area contributed by atoms with Crippen LogP contribution < -0.4 is 10.2 Å². The lowest BCUT2D eigenvalue weighted by Crippen LogP contribution is -2.33. The summed E-state index contributed by atoms with van der Waals surface area (Å²) in [6, 6.07) is 7.54. The van der Waals surface area contributed by atoms with Gasteiger partial charge < -0.3 is 24.8 Å². The summed E-state index contributed by atoms with van der Waals surface area (Å²) in [5.41, 5.74) is 4.53. The van der Waals surface area contributed by atoms with E-state index in [1.54, 1.807) is 6.21 Å². The molecule has 1 aliphatic heterocycles. The Morgan fingerprint density at radius 3 is 2.71 bits per heavy atom. The molecule has 0 spiro atoms. The van der Waals surface area contributed by atoms with Gasteiger partial charge in [-0.3, -0.25) is 9.99 Å². The minimum Gasteiger partial charge on any atom is -0.494 e. The van der Waals surface area contributed by atoms with Crippen molar-refractivity contribution in [1.29, 1.82) is 0 Å². The molecule has 0 saturated carbocycles. The van der Waals surface area contributed by atoms with Crippen molar-refractivity contribution in [2.45, 2.75) is 37.9 Å². The van der Waals surface area contributed by atoms with Gasteiger partial charge in [0.15, 0.2) is 23.2 Å². The van der Waals surface area contributed by atoms with Crippen molar-refractivity contribution in [2.24, 2.45) is 5.10 Å². The van der Waals surface area contributed by atoms with Crippen LogP contribution in [0.2, 0.25) is 0 Å². The largest absolute Gasteiger partial charge is 0.494 e. The van der Waals surface area contributed by atoms with E-state index in [1.165, 1.54) is 17.2 Å². The highest BCUT2D eigenvalue weighted by Crippen LogP contribution is 2.32. The molecular formula is C20H24N6O5. The third-order valence-electron chi connectivity index (χ3n) is 4.89. The molecule has 1 fully saturated rings. The summed E-state index contributed by atoms with van der Waals surface area (Å²) in [6.45, 7) is 2.31. The van der Waals surface area contributed by atoms with Crippen molar-refractivity contribution in [2.75, 3.05) is 18.6 Å². The molecule has 2 aromatic heterocycles. The number of benzene rings is 1. The van der Waals surface area contributed by atoms with Gasteiger partial charge in [0.1, 0.15) is 30.4 Å². The minimum absolute atomic E-state index is 0.370. The molecule has 4 atom stereocenters. The maximum Gasteiger partial charge on any atom is 0.177 e. The lowest BCUT2D eigenvalue weighted by molar-refractivity contribution is -0.0511. The Kier molecular flexibility index (Phi) is 6.37. The number of aromatic nitrogens is 4. The van der Waals surface area contributed by atoms with Crippen molar-refractivity contribution >= 4 is 23.2 Å². The zero-order valence-electron chi connectivity index (χ0n) is 16.9. The molecule has 4 rings (SSSR count). The van der Waals surface area contributed by atoms with E-state index < -0.39 is 31.1 Å². The molecule has 3 heterocycles. The Labute approximate surface area is 178 Å². The molecule has 0 radical (unpaired) electrons. The molecule has 11 heteroatoms. The van der Waals surface area contributed by atoms with E-state index in [0.29, 0.717) is 23.6 Å². The first-order valence-electron chi connectivity index (χ1n) is 9.94. The lowest BCUT2D eigenvalue weighted by Gasteiger charge is -2.16. The summed E-state index contributed by atoms with van der Waals surface area (Å²) in [7, 11) is 0. The van der Waals surface area contributed by atoms with E-state index in [1.807, 2.05) is 24.3 Å². The monoisotopic (exact) mass is 428 g/mol. The number of aliphatic hydroxyl groups is 3. The van der Waals surface area contributed by atoms with E-state index in [9.17, 15) is 15.3 Å². The molecular weight excluding hydrogens is 404 g/mol. The van der Waals surface area contributed by atoms with Gasteiger partial charge >= 0.3 is 0 Å². The number of ether oxygens (including phenoxy) is 2. The molecule has 0 bridgehead atoms. The highest BCUT2D eigenvalue weighted by atomic mass is 16.6. The molecule has 1 saturated heterocycles. The number of aliphatic hydroxyl groups excluding tert-OH is 3. The van der Waals surface area contributed by atoms with Crippen LogP contribution in [0.5, 0.6) is 5.75 Å². The van der Waals surface area contributed by atoms with Crippen LogP contribution in [0.4, 0.5) is 5.82 Å². The lowest BCUT2D eigenvalue weighted by atomic mass is 10.1. The van der Waals surface area contributed by atoms with Gasteiger partial charge in [-0.15, -0.1) is 0 Å². The van der Waals surface area contributed by atoms with E-state index >= 15 is 0 Å². The second kappa shape index (κ2) is 9.35. The molecule has 0 aliphatic carbocycles. The fourth-order valence-corrected chi connectivity index (χ4v) is 3.27. The molecule has 164 valence electrons. The zero-order chi connectivity index (χ0) is 21.8. The Morgan fingerprint density at radius 1 is 1.19 bits per heavy atom. The Hall–Kier alpha value is -3.12. The maximum atomic E-state index is 10.3. The third-order valence-corrected chi connectivity index (χ3v) is 4.89. The normalized spacial score (nSPS) is 23.6. The van der Waals surface area contributed by atoms with Gasteiger partial charge in [0.25, 0.3) is 0 Å². The van der Waals surface area contributed by atoms with Crippen molar-refractivity contribution in [3.8, 4) is 5.75 Å². The predicted molar refractivity (Wildman–Crippen MR) is 112 cm³/mol. The summed E-state index contributed by atoms with van der Waals surface area (Å²) >= 11 is 0. The van der Waals surface area contributed by atoms with Gasteiger partial charge in [0, 0.05) is 0 Å². The van der Waals surface area contributed by atoms with Crippen molar-refractivity contribution in [1.82, 2.24) is 19.5 Å². The van der Waals surface area contributed by atoms with Gasteiger partial charge in [0.2, 0.25) is 0 Å². The van der Waals surface area contributed by atoms with Gasteiger partial charge in [-0.2, -0.15) is 5.10 Å². The number of nitrogens with one attached hydrogen (secondary N) is 1. The van der Waals surface area contributed by atoms with Gasteiger partial charge in [0.05, 0.1) is 25.8 Å². The van der Waals surface area contributed by atoms with E-state index in [0.717, 1.165) is 17.7 Å². The van der Waals surface area contributed by atoms with Crippen LogP contribution >= 0.6 is 0 Å². The number of imidazole rings is 1. The highest BCUT2D eigenvalue weighted by Gasteiger charge is 2.44. The average molecular weight is 428 g/mol. The van der Waals surface area contributed by atoms with Crippen LogP contribution in [-0.2, 0) is 4.74 Å². The number of hydrogen-bond donors (Lipinski definition) is 4. The van der Waals surface area contributed by atoms with Gasteiger partial charge in [-0.05, 0) is 36.2 Å². The van der Waals surface area contributed by atoms with Crippen LogP contribution in [0.15, 0.2) is 42.0 Å². The number of hydrazone groups is 1. The standard InChI is InChI=1S/C20H24N6O5/c1-2-7-30-13-5-3-12(4-6-13)8-24-25-18-15-19(22-10-21-18)26(11-23-15)20-17(29)16(28)14(9-27)31-20/h3-6,8,10-11,14,16-17,20,27-29H,2,7,9H2,1H3,(H,21,22,25)/b24-8+. The number of anilines is 1. The van der Waals surface area contributed by atoms with Crippen molar-refractivity contribution in [3.63, 3.8) is 0 Å². The quantitative estimate of drug-likeness (QED) is 0.300. The summed E-state index contributed by atoms with van der Waals surface area (Å²) in [4.78, 5) is 12.7. The molecule has 1 aromatic carbocycles. The minimum atomic E-state index is -1.23. The molecule has 1 aliphatic rings. The molecule has 4 N–H and O–H groups in total. The predicted octanol–water partition coefficient (Wildman–Crippen LogP) is 0.673. The fourth-order valence-electron chi connectivity index (χ4n) is 3.27. The van der Waals surface area contributed by atoms with Crippen molar-refractivity contribution < 1.29 is 24.8 Å². The first-order valence-corrected chi connectivity index (χ1v) is 9.94. The van der Waals surface area contributed by atoms with Crippen molar-refractivity contribution in [3.05, 3.63) is 42.5 Å².